The van der Waals surface area contributed by atoms with Crippen molar-refractivity contribution in [1.82, 2.24) is 5.32 Å². The van der Waals surface area contributed by atoms with Gasteiger partial charge in [-0.05, 0) is 55.9 Å². The van der Waals surface area contributed by atoms with E-state index in [2.05, 4.69) is 24.4 Å². The lowest BCUT2D eigenvalue weighted by Gasteiger charge is -2.19. The summed E-state index contributed by atoms with van der Waals surface area (Å²) in [4.78, 5) is 12.1. The molecule has 5 atom stereocenters. The van der Waals surface area contributed by atoms with Gasteiger partial charge < -0.3 is 15.5 Å². The van der Waals surface area contributed by atoms with Crippen molar-refractivity contribution in [1.29, 1.82) is 0 Å². The van der Waals surface area contributed by atoms with E-state index in [9.17, 15) is 15.0 Å². The lowest BCUT2D eigenvalue weighted by molar-refractivity contribution is -0.121. The first-order valence-corrected chi connectivity index (χ1v) is 12.6. The van der Waals surface area contributed by atoms with Crippen LogP contribution in [0.15, 0.2) is 54.1 Å². The highest BCUT2D eigenvalue weighted by atomic mass is 16.3. The molecule has 32 heavy (non-hydrogen) atoms. The van der Waals surface area contributed by atoms with E-state index in [1.54, 1.807) is 0 Å². The van der Waals surface area contributed by atoms with Gasteiger partial charge in [0, 0.05) is 18.9 Å². The van der Waals surface area contributed by atoms with Crippen LogP contribution in [0, 0.1) is 17.8 Å². The summed E-state index contributed by atoms with van der Waals surface area (Å²) in [5.74, 6) is 1.20. The van der Waals surface area contributed by atoms with E-state index in [-0.39, 0.29) is 17.9 Å². The maximum atomic E-state index is 12.1. The Hall–Kier alpha value is -1.91. The van der Waals surface area contributed by atoms with Crippen molar-refractivity contribution in [2.75, 3.05) is 0 Å². The summed E-state index contributed by atoms with van der Waals surface area (Å²) in [6, 6.07) is 10.0. The maximum absolute atomic E-state index is 12.1. The fourth-order valence-corrected chi connectivity index (χ4v) is 5.27. The number of unbranched alkanes of at least 4 members (excludes halogenated alkanes) is 3. The van der Waals surface area contributed by atoms with Gasteiger partial charge >= 0.3 is 0 Å². The smallest absolute Gasteiger partial charge is 0.220 e. The van der Waals surface area contributed by atoms with Gasteiger partial charge in [-0.2, -0.15) is 0 Å². The van der Waals surface area contributed by atoms with Crippen LogP contribution in [0.4, 0.5) is 0 Å². The Morgan fingerprint density at radius 1 is 1.19 bits per heavy atom. The summed E-state index contributed by atoms with van der Waals surface area (Å²) < 4.78 is 0. The zero-order valence-electron chi connectivity index (χ0n) is 19.6. The Labute approximate surface area is 193 Å². The molecule has 1 aromatic carbocycles. The van der Waals surface area contributed by atoms with Gasteiger partial charge in [0.25, 0.3) is 0 Å². The number of allylic oxidation sites excluding steroid dienone is 2. The zero-order valence-corrected chi connectivity index (χ0v) is 19.6. The number of fused-ring (bicyclic) bond motifs is 1. The minimum Gasteiger partial charge on any atom is -0.392 e. The summed E-state index contributed by atoms with van der Waals surface area (Å²) in [5.41, 5.74) is 2.61. The minimum atomic E-state index is -0.394. The average molecular weight is 440 g/mol. The molecule has 176 valence electrons. The van der Waals surface area contributed by atoms with Crippen LogP contribution in [0.2, 0.25) is 0 Å². The lowest BCUT2D eigenvalue weighted by Crippen LogP contribution is -2.22. The number of aliphatic hydroxyl groups is 2. The van der Waals surface area contributed by atoms with E-state index < -0.39 is 6.10 Å². The van der Waals surface area contributed by atoms with Gasteiger partial charge in [-0.15, -0.1) is 0 Å². The molecule has 1 aromatic rings. The number of hydrogen-bond acceptors (Lipinski definition) is 3. The summed E-state index contributed by atoms with van der Waals surface area (Å²) in [6.45, 7) is 2.77. The minimum absolute atomic E-state index is 0.122. The summed E-state index contributed by atoms with van der Waals surface area (Å²) in [7, 11) is 0. The molecular weight excluding hydrogens is 398 g/mol. The van der Waals surface area contributed by atoms with Crippen LogP contribution in [-0.4, -0.2) is 28.3 Å². The molecule has 0 aliphatic heterocycles. The molecule has 0 heterocycles. The SMILES string of the molecule is CCCCC[C@H](O)/C=C/[C@@H]1[C@H]2CC(CCCCC(=O)NCc3ccccc3)=C[C@H]2C[C@H]1O. The van der Waals surface area contributed by atoms with Crippen molar-refractivity contribution in [3.05, 3.63) is 59.7 Å². The molecule has 3 rings (SSSR count). The maximum Gasteiger partial charge on any atom is 0.220 e. The standard InChI is InChI=1S/C28H41NO3/c1-2-3-5-13-24(30)15-16-25-26-18-22(17-23(26)19-27(25)31)12-8-9-14-28(32)29-20-21-10-6-4-7-11-21/h4,6-7,10-11,15-17,23-27,30-31H,2-3,5,8-9,12-14,18-20H2,1H3,(H,29,32)/b16-15+/t23-,24-,25+,26-,27+/m0/s1. The molecule has 1 amide bonds. The Kier molecular flexibility index (Phi) is 10.0. The third-order valence-corrected chi connectivity index (χ3v) is 7.09. The second kappa shape index (κ2) is 13.0. The van der Waals surface area contributed by atoms with Crippen LogP contribution >= 0.6 is 0 Å². The van der Waals surface area contributed by atoms with Gasteiger partial charge in [-0.1, -0.05) is 80.3 Å². The van der Waals surface area contributed by atoms with Crippen molar-refractivity contribution in [2.24, 2.45) is 17.8 Å². The predicted octanol–water partition coefficient (Wildman–Crippen LogP) is 5.30. The monoisotopic (exact) mass is 439 g/mol. The molecule has 1 fully saturated rings. The van der Waals surface area contributed by atoms with E-state index in [1.165, 1.54) is 5.57 Å². The van der Waals surface area contributed by atoms with Gasteiger partial charge in [0.15, 0.2) is 0 Å². The van der Waals surface area contributed by atoms with Crippen molar-refractivity contribution >= 4 is 5.91 Å². The Balaban J connectivity index is 1.34. The van der Waals surface area contributed by atoms with Crippen LogP contribution in [0.1, 0.15) is 76.7 Å². The number of benzene rings is 1. The fourth-order valence-electron chi connectivity index (χ4n) is 5.27. The molecule has 0 bridgehead atoms. The quantitative estimate of drug-likeness (QED) is 0.288. The molecule has 2 aliphatic rings. The molecule has 1 saturated carbocycles. The van der Waals surface area contributed by atoms with Crippen molar-refractivity contribution < 1.29 is 15.0 Å². The zero-order chi connectivity index (χ0) is 22.8. The summed E-state index contributed by atoms with van der Waals surface area (Å²) in [5, 5.41) is 23.7. The van der Waals surface area contributed by atoms with Gasteiger partial charge in [0.05, 0.1) is 12.2 Å². The molecule has 0 radical (unpaired) electrons. The van der Waals surface area contributed by atoms with Crippen LogP contribution < -0.4 is 5.32 Å². The fraction of sp³-hybridized carbons (Fsp3) is 0.607. The Morgan fingerprint density at radius 2 is 2.00 bits per heavy atom. The van der Waals surface area contributed by atoms with Gasteiger partial charge in [0.1, 0.15) is 0 Å². The van der Waals surface area contributed by atoms with E-state index in [1.807, 2.05) is 36.4 Å². The van der Waals surface area contributed by atoms with Crippen molar-refractivity contribution in [3.8, 4) is 0 Å². The number of aliphatic hydroxyl groups excluding tert-OH is 2. The van der Waals surface area contributed by atoms with Crippen molar-refractivity contribution in [3.63, 3.8) is 0 Å². The van der Waals surface area contributed by atoms with Gasteiger partial charge in [-0.3, -0.25) is 4.79 Å². The number of rotatable bonds is 13. The molecule has 0 aromatic heterocycles. The third kappa shape index (κ3) is 7.60. The summed E-state index contributed by atoms with van der Waals surface area (Å²) >= 11 is 0. The predicted molar refractivity (Wildman–Crippen MR) is 130 cm³/mol. The van der Waals surface area contributed by atoms with Crippen LogP contribution in [-0.2, 0) is 11.3 Å². The Morgan fingerprint density at radius 3 is 2.78 bits per heavy atom. The highest BCUT2D eigenvalue weighted by Gasteiger charge is 2.43. The highest BCUT2D eigenvalue weighted by Crippen LogP contribution is 2.48. The lowest BCUT2D eigenvalue weighted by atomic mass is 9.88. The molecule has 4 nitrogen and oxygen atoms in total. The molecule has 2 aliphatic carbocycles. The van der Waals surface area contributed by atoms with E-state index in [0.29, 0.717) is 24.8 Å². The largest absolute Gasteiger partial charge is 0.392 e. The normalized spacial score (nSPS) is 25.7. The van der Waals surface area contributed by atoms with Crippen LogP contribution in [0.3, 0.4) is 0 Å². The molecular formula is C28H41NO3. The second-order valence-electron chi connectivity index (χ2n) is 9.65. The number of carbonyl (C=O) groups is 1. The van der Waals surface area contributed by atoms with E-state index in [0.717, 1.165) is 63.4 Å². The number of carbonyl (C=O) groups excluding carboxylic acids is 1. The third-order valence-electron chi connectivity index (χ3n) is 7.09. The molecule has 0 saturated heterocycles. The van der Waals surface area contributed by atoms with Crippen LogP contribution in [0.25, 0.3) is 0 Å². The first-order chi connectivity index (χ1) is 15.6. The first-order valence-electron chi connectivity index (χ1n) is 12.6. The number of hydrogen-bond donors (Lipinski definition) is 3. The average Bonchev–Trinajstić information content (AvgIpc) is 3.31. The molecule has 0 unspecified atom stereocenters. The molecule has 0 spiro atoms. The van der Waals surface area contributed by atoms with E-state index in [4.69, 9.17) is 0 Å². The molecule has 3 N–H and O–H groups in total. The van der Waals surface area contributed by atoms with Crippen molar-refractivity contribution in [2.45, 2.75) is 89.9 Å². The molecule has 4 heteroatoms. The van der Waals surface area contributed by atoms with Gasteiger partial charge in [-0.25, -0.2) is 0 Å². The Bertz CT molecular complexity index is 757. The second-order valence-corrected chi connectivity index (χ2v) is 9.65. The van der Waals surface area contributed by atoms with Crippen LogP contribution in [0.5, 0.6) is 0 Å². The first kappa shape index (κ1) is 24.7. The number of nitrogens with one attached hydrogen (secondary N) is 1. The highest BCUT2D eigenvalue weighted by molar-refractivity contribution is 5.75. The topological polar surface area (TPSA) is 69.6 Å². The van der Waals surface area contributed by atoms with E-state index >= 15 is 0 Å². The summed E-state index contributed by atoms with van der Waals surface area (Å²) in [6.07, 6.45) is 15.3. The number of amides is 1. The van der Waals surface area contributed by atoms with Gasteiger partial charge in [0.2, 0.25) is 5.91 Å².